The number of amides is 2. The van der Waals surface area contributed by atoms with Crippen LogP contribution in [0.2, 0.25) is 0 Å². The predicted molar refractivity (Wildman–Crippen MR) is 99.0 cm³/mol. The second-order valence-electron chi connectivity index (χ2n) is 7.48. The van der Waals surface area contributed by atoms with Gasteiger partial charge in [0.2, 0.25) is 0 Å². The molecule has 3 rings (SSSR count). The highest BCUT2D eigenvalue weighted by molar-refractivity contribution is 5.89. The van der Waals surface area contributed by atoms with Gasteiger partial charge in [-0.15, -0.1) is 0 Å². The minimum Gasteiger partial charge on any atom is -0.490 e. The van der Waals surface area contributed by atoms with E-state index in [2.05, 4.69) is 12.2 Å². The second kappa shape index (κ2) is 8.09. The maximum Gasteiger partial charge on any atom is 0.321 e. The molecule has 0 atom stereocenters. The van der Waals surface area contributed by atoms with Crippen LogP contribution in [0.3, 0.4) is 0 Å². The molecule has 1 saturated carbocycles. The van der Waals surface area contributed by atoms with Crippen molar-refractivity contribution in [2.45, 2.75) is 58.0 Å². The number of anilines is 1. The van der Waals surface area contributed by atoms with Crippen molar-refractivity contribution < 1.29 is 14.6 Å². The number of nitrogens with one attached hydrogen (secondary N) is 1. The van der Waals surface area contributed by atoms with E-state index in [4.69, 9.17) is 4.74 Å². The number of likely N-dealkylation sites (tertiary alicyclic amines) is 1. The molecule has 0 aromatic heterocycles. The van der Waals surface area contributed by atoms with Gasteiger partial charge >= 0.3 is 6.03 Å². The third-order valence-electron chi connectivity index (χ3n) is 5.91. The molecule has 1 heterocycles. The zero-order chi connectivity index (χ0) is 17.7. The molecule has 1 saturated heterocycles. The fourth-order valence-electron chi connectivity index (χ4n) is 3.83. The number of benzene rings is 1. The number of hydrogen-bond acceptors (Lipinski definition) is 3. The lowest BCUT2D eigenvalue weighted by Gasteiger charge is -2.40. The summed E-state index contributed by atoms with van der Waals surface area (Å²) in [6.07, 6.45) is 7.82. The van der Waals surface area contributed by atoms with Crippen LogP contribution in [-0.2, 0) is 0 Å². The van der Waals surface area contributed by atoms with Gasteiger partial charge in [0, 0.05) is 25.4 Å². The number of aliphatic hydroxyl groups excluding tert-OH is 1. The third-order valence-corrected chi connectivity index (χ3v) is 5.91. The van der Waals surface area contributed by atoms with Crippen LogP contribution in [0.4, 0.5) is 10.5 Å². The van der Waals surface area contributed by atoms with E-state index in [0.29, 0.717) is 19.2 Å². The van der Waals surface area contributed by atoms with Gasteiger partial charge < -0.3 is 20.1 Å². The number of ether oxygens (including phenoxy) is 1. The first kappa shape index (κ1) is 18.1. The van der Waals surface area contributed by atoms with E-state index in [0.717, 1.165) is 43.5 Å². The molecule has 0 spiro atoms. The van der Waals surface area contributed by atoms with E-state index < -0.39 is 0 Å². The van der Waals surface area contributed by atoms with E-state index in [1.54, 1.807) is 0 Å². The summed E-state index contributed by atoms with van der Waals surface area (Å²) in [5.41, 5.74) is 0.786. The van der Waals surface area contributed by atoms with Crippen molar-refractivity contribution in [1.82, 2.24) is 4.90 Å². The molecule has 2 N–H and O–H groups in total. The Hall–Kier alpha value is -1.75. The van der Waals surface area contributed by atoms with E-state index in [-0.39, 0.29) is 18.1 Å². The van der Waals surface area contributed by atoms with Gasteiger partial charge in [0.1, 0.15) is 5.75 Å². The van der Waals surface area contributed by atoms with E-state index >= 15 is 0 Å². The fourth-order valence-corrected chi connectivity index (χ4v) is 3.83. The van der Waals surface area contributed by atoms with Crippen LogP contribution in [0, 0.1) is 5.41 Å². The number of rotatable bonds is 5. The van der Waals surface area contributed by atoms with Gasteiger partial charge in [0.15, 0.2) is 0 Å². The van der Waals surface area contributed by atoms with Crippen molar-refractivity contribution >= 4 is 11.7 Å². The molecule has 0 radical (unpaired) electrons. The second-order valence-corrected chi connectivity index (χ2v) is 7.48. The van der Waals surface area contributed by atoms with Crippen LogP contribution in [0.5, 0.6) is 5.75 Å². The van der Waals surface area contributed by atoms with Crippen molar-refractivity contribution in [3.63, 3.8) is 0 Å². The molecular formula is C20H30N2O3. The molecule has 5 nitrogen and oxygen atoms in total. The van der Waals surface area contributed by atoms with Crippen LogP contribution in [0.25, 0.3) is 0 Å². The fraction of sp³-hybridized carbons (Fsp3) is 0.650. The summed E-state index contributed by atoms with van der Waals surface area (Å²) in [5, 5.41) is 12.6. The molecule has 138 valence electrons. The summed E-state index contributed by atoms with van der Waals surface area (Å²) < 4.78 is 5.95. The highest BCUT2D eigenvalue weighted by Gasteiger charge is 2.33. The molecule has 2 aliphatic rings. The Bertz CT molecular complexity index is 553. The topological polar surface area (TPSA) is 61.8 Å². The van der Waals surface area contributed by atoms with Crippen molar-refractivity contribution in [2.24, 2.45) is 5.41 Å². The summed E-state index contributed by atoms with van der Waals surface area (Å²) in [6, 6.07) is 7.59. The first-order valence-corrected chi connectivity index (χ1v) is 9.58. The predicted octanol–water partition coefficient (Wildman–Crippen LogP) is 4.02. The minimum atomic E-state index is -0.0629. The molecule has 25 heavy (non-hydrogen) atoms. The Morgan fingerprint density at radius 3 is 2.44 bits per heavy atom. The lowest BCUT2D eigenvalue weighted by Crippen LogP contribution is -2.46. The lowest BCUT2D eigenvalue weighted by atomic mass is 9.77. The van der Waals surface area contributed by atoms with Crippen LogP contribution < -0.4 is 10.1 Å². The van der Waals surface area contributed by atoms with Crippen LogP contribution in [0.15, 0.2) is 24.3 Å². The summed E-state index contributed by atoms with van der Waals surface area (Å²) in [7, 11) is 0. The van der Waals surface area contributed by atoms with Gasteiger partial charge in [-0.05, 0) is 74.6 Å². The van der Waals surface area contributed by atoms with Crippen LogP contribution >= 0.6 is 0 Å². The Morgan fingerprint density at radius 1 is 1.24 bits per heavy atom. The molecular weight excluding hydrogens is 316 g/mol. The molecule has 1 aliphatic carbocycles. The average Bonchev–Trinajstić information content (AvgIpc) is 3.16. The molecule has 5 heteroatoms. The number of hydrogen-bond donors (Lipinski definition) is 2. The monoisotopic (exact) mass is 346 g/mol. The maximum atomic E-state index is 12.4. The molecule has 1 aliphatic heterocycles. The van der Waals surface area contributed by atoms with Gasteiger partial charge in [-0.3, -0.25) is 0 Å². The Morgan fingerprint density at radius 2 is 1.88 bits per heavy atom. The number of nitrogens with zero attached hydrogens (tertiary/aromatic N) is 1. The van der Waals surface area contributed by atoms with E-state index in [1.807, 2.05) is 29.2 Å². The zero-order valence-electron chi connectivity index (χ0n) is 15.2. The molecule has 1 aromatic carbocycles. The molecule has 1 aromatic rings. The van der Waals surface area contributed by atoms with Crippen molar-refractivity contribution in [2.75, 3.05) is 25.0 Å². The van der Waals surface area contributed by atoms with Gasteiger partial charge in [-0.1, -0.05) is 6.92 Å². The lowest BCUT2D eigenvalue weighted by molar-refractivity contribution is 0.0542. The first-order chi connectivity index (χ1) is 12.1. The quantitative estimate of drug-likeness (QED) is 0.846. The molecule has 0 bridgehead atoms. The first-order valence-electron chi connectivity index (χ1n) is 9.58. The highest BCUT2D eigenvalue weighted by Crippen LogP contribution is 2.34. The zero-order valence-corrected chi connectivity index (χ0v) is 15.2. The number of carbonyl (C=O) groups is 1. The third kappa shape index (κ3) is 4.46. The maximum absolute atomic E-state index is 12.4. The minimum absolute atomic E-state index is 0.00396. The normalized spacial score (nSPS) is 20.5. The summed E-state index contributed by atoms with van der Waals surface area (Å²) in [5.74, 6) is 0.874. The van der Waals surface area contributed by atoms with Crippen LogP contribution in [0.1, 0.15) is 51.9 Å². The van der Waals surface area contributed by atoms with Crippen molar-refractivity contribution in [3.05, 3.63) is 24.3 Å². The standard InChI is InChI=1S/C20H30N2O3/c1-2-20(15-23)11-13-22(14-12-20)19(24)21-16-7-9-18(10-8-16)25-17-5-3-4-6-17/h7-10,17,23H,2-6,11-15H2,1H3,(H,21,24). The van der Waals surface area contributed by atoms with Gasteiger partial charge in [-0.2, -0.15) is 0 Å². The average molecular weight is 346 g/mol. The van der Waals surface area contributed by atoms with E-state index in [1.165, 1.54) is 12.8 Å². The smallest absolute Gasteiger partial charge is 0.321 e. The molecule has 2 fully saturated rings. The van der Waals surface area contributed by atoms with Crippen molar-refractivity contribution in [3.8, 4) is 5.75 Å². The van der Waals surface area contributed by atoms with Gasteiger partial charge in [0.25, 0.3) is 0 Å². The number of aliphatic hydroxyl groups is 1. The number of carbonyl (C=O) groups excluding carboxylic acids is 1. The van der Waals surface area contributed by atoms with Crippen LogP contribution in [-0.4, -0.2) is 41.8 Å². The summed E-state index contributed by atoms with van der Waals surface area (Å²) >= 11 is 0. The van der Waals surface area contributed by atoms with Gasteiger partial charge in [-0.25, -0.2) is 4.79 Å². The number of urea groups is 1. The Kier molecular flexibility index (Phi) is 5.84. The van der Waals surface area contributed by atoms with Gasteiger partial charge in [0.05, 0.1) is 6.10 Å². The Balaban J connectivity index is 1.49. The summed E-state index contributed by atoms with van der Waals surface area (Å²) in [6.45, 7) is 3.72. The SMILES string of the molecule is CCC1(CO)CCN(C(=O)Nc2ccc(OC3CCCC3)cc2)CC1. The Labute approximate surface area is 150 Å². The largest absolute Gasteiger partial charge is 0.490 e. The molecule has 2 amide bonds. The van der Waals surface area contributed by atoms with E-state index in [9.17, 15) is 9.90 Å². The molecule has 0 unspecified atom stereocenters. The highest BCUT2D eigenvalue weighted by atomic mass is 16.5. The summed E-state index contributed by atoms with van der Waals surface area (Å²) in [4.78, 5) is 14.3. The number of piperidine rings is 1. The van der Waals surface area contributed by atoms with Crippen molar-refractivity contribution in [1.29, 1.82) is 0 Å².